The van der Waals surface area contributed by atoms with E-state index in [-0.39, 0.29) is 36.5 Å². The highest BCUT2D eigenvalue weighted by molar-refractivity contribution is 7.92. The maximum Gasteiger partial charge on any atom is 0.415 e. The van der Waals surface area contributed by atoms with E-state index in [2.05, 4.69) is 0 Å². The average Bonchev–Trinajstić information content (AvgIpc) is 2.83. The van der Waals surface area contributed by atoms with Crippen molar-refractivity contribution in [2.75, 3.05) is 17.4 Å². The molecule has 0 saturated carbocycles. The Bertz CT molecular complexity index is 1270. The molecule has 0 spiro atoms. The second kappa shape index (κ2) is 9.99. The van der Waals surface area contributed by atoms with Crippen molar-refractivity contribution in [3.8, 4) is 5.75 Å². The van der Waals surface area contributed by atoms with Gasteiger partial charge in [-0.15, -0.1) is 0 Å². The van der Waals surface area contributed by atoms with E-state index in [9.17, 15) is 22.0 Å². The Morgan fingerprint density at radius 1 is 0.971 bits per heavy atom. The predicted molar refractivity (Wildman–Crippen MR) is 125 cm³/mol. The number of anilines is 1. The molecule has 0 bridgehead atoms. The number of rotatable bonds is 5. The molecule has 10 heteroatoms. The summed E-state index contributed by atoms with van der Waals surface area (Å²) in [5, 5.41) is 0.340. The van der Waals surface area contributed by atoms with Gasteiger partial charge in [0.05, 0.1) is 10.6 Å². The van der Waals surface area contributed by atoms with Gasteiger partial charge in [0.2, 0.25) is 0 Å². The maximum atomic E-state index is 14.8. The van der Waals surface area contributed by atoms with Crippen molar-refractivity contribution in [2.45, 2.75) is 23.8 Å². The van der Waals surface area contributed by atoms with Crippen LogP contribution in [0.4, 0.5) is 19.3 Å². The highest BCUT2D eigenvalue weighted by Gasteiger charge is 2.37. The van der Waals surface area contributed by atoms with Gasteiger partial charge in [0, 0.05) is 30.2 Å². The fourth-order valence-electron chi connectivity index (χ4n) is 3.83. The molecule has 1 fully saturated rings. The zero-order valence-electron chi connectivity index (χ0n) is 17.9. The van der Waals surface area contributed by atoms with Gasteiger partial charge in [-0.2, -0.15) is 0 Å². The van der Waals surface area contributed by atoms with Crippen LogP contribution in [0.25, 0.3) is 0 Å². The number of para-hydroxylation sites is 1. The summed E-state index contributed by atoms with van der Waals surface area (Å²) in [6, 6.07) is 16.0. The molecule has 3 aromatic rings. The Labute approximate surface area is 201 Å². The fraction of sp³-hybridized carbons (Fsp3) is 0.208. The highest BCUT2D eigenvalue weighted by atomic mass is 35.5. The van der Waals surface area contributed by atoms with Crippen molar-refractivity contribution in [3.63, 3.8) is 0 Å². The van der Waals surface area contributed by atoms with Gasteiger partial charge in [-0.25, -0.2) is 22.0 Å². The number of carbonyl (C=O) groups excluding carboxylic acids is 1. The van der Waals surface area contributed by atoms with Crippen LogP contribution in [0.5, 0.6) is 5.75 Å². The van der Waals surface area contributed by atoms with Crippen LogP contribution in [0, 0.1) is 11.6 Å². The van der Waals surface area contributed by atoms with Crippen molar-refractivity contribution >= 4 is 33.4 Å². The lowest BCUT2D eigenvalue weighted by Gasteiger charge is -2.38. The zero-order valence-corrected chi connectivity index (χ0v) is 19.5. The smallest absolute Gasteiger partial charge is 0.410 e. The van der Waals surface area contributed by atoms with Crippen molar-refractivity contribution in [1.82, 2.24) is 4.90 Å². The Kier molecular flexibility index (Phi) is 7.04. The molecule has 0 N–H and O–H groups in total. The summed E-state index contributed by atoms with van der Waals surface area (Å²) in [5.41, 5.74) is -0.389. The molecule has 1 aliphatic heterocycles. The lowest BCUT2D eigenvalue weighted by atomic mass is 10.0. The Morgan fingerprint density at radius 3 is 2.26 bits per heavy atom. The molecule has 34 heavy (non-hydrogen) atoms. The second-order valence-electron chi connectivity index (χ2n) is 7.75. The molecule has 178 valence electrons. The second-order valence-corrected chi connectivity index (χ2v) is 10.0. The lowest BCUT2D eigenvalue weighted by molar-refractivity contribution is 0.139. The van der Waals surface area contributed by atoms with Crippen molar-refractivity contribution in [3.05, 3.63) is 89.5 Å². The van der Waals surface area contributed by atoms with Crippen LogP contribution in [0.2, 0.25) is 5.02 Å². The third-order valence-corrected chi connectivity index (χ3v) is 7.65. The van der Waals surface area contributed by atoms with Gasteiger partial charge in [-0.1, -0.05) is 29.8 Å². The van der Waals surface area contributed by atoms with Crippen LogP contribution in [-0.2, 0) is 10.0 Å². The first-order chi connectivity index (χ1) is 16.3. The Morgan fingerprint density at radius 2 is 1.62 bits per heavy atom. The quantitative estimate of drug-likeness (QED) is 0.460. The number of hydrogen-bond acceptors (Lipinski definition) is 4. The van der Waals surface area contributed by atoms with Crippen LogP contribution in [-0.4, -0.2) is 38.5 Å². The number of piperidine rings is 1. The van der Waals surface area contributed by atoms with Crippen LogP contribution in [0.1, 0.15) is 12.8 Å². The predicted octanol–water partition coefficient (Wildman–Crippen LogP) is 5.48. The molecule has 1 amide bonds. The van der Waals surface area contributed by atoms with E-state index in [1.54, 1.807) is 30.3 Å². The molecule has 0 atom stereocenters. The molecule has 3 aromatic carbocycles. The largest absolute Gasteiger partial charge is 0.415 e. The molecule has 1 heterocycles. The van der Waals surface area contributed by atoms with E-state index >= 15 is 0 Å². The molecule has 0 aromatic heterocycles. The Hall–Kier alpha value is -3.17. The number of ether oxygens (including phenoxy) is 1. The number of benzene rings is 3. The first-order valence-corrected chi connectivity index (χ1v) is 12.3. The minimum absolute atomic E-state index is 0.105. The van der Waals surface area contributed by atoms with E-state index in [0.717, 1.165) is 22.5 Å². The number of sulfonamides is 1. The van der Waals surface area contributed by atoms with Gasteiger partial charge >= 0.3 is 6.09 Å². The fourth-order valence-corrected chi connectivity index (χ4v) is 5.67. The standard InChI is InChI=1S/C24H21ClF2N2O4S/c25-17-6-9-21(10-7-17)34(31,32)29(23-16-18(26)8-11-22(23)27)19-12-14-28(15-13-19)24(30)33-20-4-2-1-3-5-20/h1-11,16,19H,12-15H2. The number of halogens is 3. The average molecular weight is 507 g/mol. The van der Waals surface area contributed by atoms with E-state index < -0.39 is 33.8 Å². The summed E-state index contributed by atoms with van der Waals surface area (Å²) in [7, 11) is -4.26. The first kappa shape index (κ1) is 24.0. The normalized spacial score (nSPS) is 14.6. The van der Waals surface area contributed by atoms with E-state index in [4.69, 9.17) is 16.3 Å². The van der Waals surface area contributed by atoms with Gasteiger partial charge < -0.3 is 9.64 Å². The van der Waals surface area contributed by atoms with Crippen molar-refractivity contribution < 1.29 is 26.7 Å². The topological polar surface area (TPSA) is 66.9 Å². The summed E-state index contributed by atoms with van der Waals surface area (Å²) in [4.78, 5) is 13.9. The van der Waals surface area contributed by atoms with Crippen LogP contribution < -0.4 is 9.04 Å². The minimum atomic E-state index is -4.26. The Balaban J connectivity index is 1.60. The number of nitrogens with zero attached hydrogens (tertiary/aromatic N) is 2. The van der Waals surface area contributed by atoms with Gasteiger partial charge in [-0.05, 0) is 61.4 Å². The van der Waals surface area contributed by atoms with Gasteiger partial charge in [0.15, 0.2) is 0 Å². The molecule has 0 radical (unpaired) electrons. The number of hydrogen-bond donors (Lipinski definition) is 0. The third kappa shape index (κ3) is 5.15. The maximum absolute atomic E-state index is 14.8. The van der Waals surface area contributed by atoms with Crippen LogP contribution >= 0.6 is 11.6 Å². The highest BCUT2D eigenvalue weighted by Crippen LogP contribution is 2.33. The summed E-state index contributed by atoms with van der Waals surface area (Å²) < 4.78 is 62.1. The van der Waals surface area contributed by atoms with Crippen molar-refractivity contribution in [1.29, 1.82) is 0 Å². The SMILES string of the molecule is O=C(Oc1ccccc1)N1CCC(N(c2cc(F)ccc2F)S(=O)(=O)c2ccc(Cl)cc2)CC1. The number of amides is 1. The molecule has 4 rings (SSSR count). The van der Waals surface area contributed by atoms with Gasteiger partial charge in [-0.3, -0.25) is 4.31 Å². The third-order valence-electron chi connectivity index (χ3n) is 5.52. The summed E-state index contributed by atoms with van der Waals surface area (Å²) in [6.07, 6.45) is -0.159. The van der Waals surface area contributed by atoms with E-state index in [1.165, 1.54) is 29.2 Å². The number of carbonyl (C=O) groups is 1. The molecule has 0 aliphatic carbocycles. The summed E-state index contributed by atoms with van der Waals surface area (Å²) in [6.45, 7) is 0.361. The summed E-state index contributed by atoms with van der Waals surface area (Å²) in [5.74, 6) is -1.25. The molecule has 1 aliphatic rings. The monoisotopic (exact) mass is 506 g/mol. The first-order valence-electron chi connectivity index (χ1n) is 10.5. The molecular weight excluding hydrogens is 486 g/mol. The van der Waals surface area contributed by atoms with Crippen LogP contribution in [0.3, 0.4) is 0 Å². The lowest BCUT2D eigenvalue weighted by Crippen LogP contribution is -2.49. The van der Waals surface area contributed by atoms with Crippen molar-refractivity contribution in [2.24, 2.45) is 0 Å². The molecule has 0 unspecified atom stereocenters. The zero-order chi connectivity index (χ0) is 24.3. The van der Waals surface area contributed by atoms with Gasteiger partial charge in [0.25, 0.3) is 10.0 Å². The minimum Gasteiger partial charge on any atom is -0.410 e. The number of likely N-dealkylation sites (tertiary alicyclic amines) is 1. The van der Waals surface area contributed by atoms with Gasteiger partial charge in [0.1, 0.15) is 17.4 Å². The van der Waals surface area contributed by atoms with Crippen LogP contribution in [0.15, 0.2) is 77.7 Å². The van der Waals surface area contributed by atoms with E-state index in [1.807, 2.05) is 0 Å². The van der Waals surface area contributed by atoms with E-state index in [0.29, 0.717) is 10.8 Å². The molecule has 6 nitrogen and oxygen atoms in total. The molecular formula is C24H21ClF2N2O4S. The molecule has 1 saturated heterocycles. The summed E-state index contributed by atoms with van der Waals surface area (Å²) >= 11 is 5.89.